The number of pyridine rings is 1. The van der Waals surface area contributed by atoms with Gasteiger partial charge in [0, 0.05) is 18.8 Å². The molecular formula is C15H23N3O3. The number of likely N-dealkylation sites (tertiary alicyclic amines) is 1. The van der Waals surface area contributed by atoms with Gasteiger partial charge in [-0.3, -0.25) is 9.59 Å². The molecule has 1 saturated heterocycles. The number of amides is 1. The molecule has 1 atom stereocenters. The van der Waals surface area contributed by atoms with Crippen molar-refractivity contribution in [2.24, 2.45) is 0 Å². The predicted molar refractivity (Wildman–Crippen MR) is 80.4 cm³/mol. The maximum atomic E-state index is 11.9. The first-order valence-electron chi connectivity index (χ1n) is 7.45. The third-order valence-corrected chi connectivity index (χ3v) is 3.72. The number of aryl methyl sites for hydroxylation is 1. The molecule has 6 heteroatoms. The Labute approximate surface area is 124 Å². The highest BCUT2D eigenvalue weighted by atomic mass is 16.3. The molecule has 0 bridgehead atoms. The van der Waals surface area contributed by atoms with Crippen LogP contribution in [0.2, 0.25) is 0 Å². The standard InChI is InChI=1S/C15H23N3O3/c1-11-5-6-13(15(21)17-11)14(20)16-7-3-9-18-8-2-4-12(19)10-18/h5-6,12,19H,2-4,7-10H2,1H3,(H,16,20)(H,17,21). The number of aliphatic hydroxyl groups is 1. The highest BCUT2D eigenvalue weighted by molar-refractivity contribution is 5.93. The number of rotatable bonds is 5. The molecule has 2 heterocycles. The normalized spacial score (nSPS) is 19.4. The molecule has 1 aliphatic heterocycles. The molecule has 0 aromatic carbocycles. The van der Waals surface area contributed by atoms with E-state index in [0.29, 0.717) is 13.1 Å². The molecule has 1 fully saturated rings. The molecule has 0 radical (unpaired) electrons. The van der Waals surface area contributed by atoms with E-state index in [1.165, 1.54) is 0 Å². The number of carbonyl (C=O) groups is 1. The lowest BCUT2D eigenvalue weighted by Gasteiger charge is -2.29. The number of hydrogen-bond donors (Lipinski definition) is 3. The Hall–Kier alpha value is -1.66. The Morgan fingerprint density at radius 1 is 1.52 bits per heavy atom. The monoisotopic (exact) mass is 293 g/mol. The van der Waals surface area contributed by atoms with Gasteiger partial charge < -0.3 is 20.3 Å². The summed E-state index contributed by atoms with van der Waals surface area (Å²) in [7, 11) is 0. The average molecular weight is 293 g/mol. The van der Waals surface area contributed by atoms with E-state index in [0.717, 1.165) is 38.0 Å². The maximum absolute atomic E-state index is 11.9. The van der Waals surface area contributed by atoms with Crippen LogP contribution in [0.3, 0.4) is 0 Å². The largest absolute Gasteiger partial charge is 0.392 e. The molecule has 3 N–H and O–H groups in total. The van der Waals surface area contributed by atoms with E-state index < -0.39 is 0 Å². The first-order valence-corrected chi connectivity index (χ1v) is 7.45. The number of β-amino-alcohol motifs (C(OH)–C–C–N with tert-alkyl or cyclic N) is 1. The number of aliphatic hydroxyl groups excluding tert-OH is 1. The molecule has 0 spiro atoms. The van der Waals surface area contributed by atoms with E-state index in [1.807, 2.05) is 0 Å². The summed E-state index contributed by atoms with van der Waals surface area (Å²) >= 11 is 0. The summed E-state index contributed by atoms with van der Waals surface area (Å²) in [6.07, 6.45) is 2.48. The third-order valence-electron chi connectivity index (χ3n) is 3.72. The molecule has 1 aromatic rings. The zero-order chi connectivity index (χ0) is 15.2. The van der Waals surface area contributed by atoms with Gasteiger partial charge in [-0.05, 0) is 51.4 Å². The number of aromatic nitrogens is 1. The van der Waals surface area contributed by atoms with Crippen molar-refractivity contribution in [3.63, 3.8) is 0 Å². The van der Waals surface area contributed by atoms with Crippen LogP contribution in [-0.2, 0) is 0 Å². The Bertz CT molecular complexity index is 541. The van der Waals surface area contributed by atoms with Gasteiger partial charge >= 0.3 is 0 Å². The van der Waals surface area contributed by atoms with Crippen LogP contribution >= 0.6 is 0 Å². The second kappa shape index (κ2) is 7.38. The minimum Gasteiger partial charge on any atom is -0.392 e. The molecule has 0 saturated carbocycles. The molecule has 0 aliphatic carbocycles. The van der Waals surface area contributed by atoms with Crippen LogP contribution in [-0.4, -0.2) is 53.2 Å². The number of aromatic amines is 1. The molecule has 21 heavy (non-hydrogen) atoms. The van der Waals surface area contributed by atoms with Crippen molar-refractivity contribution in [2.75, 3.05) is 26.2 Å². The van der Waals surface area contributed by atoms with Gasteiger partial charge in [0.05, 0.1) is 6.10 Å². The van der Waals surface area contributed by atoms with Crippen molar-refractivity contribution in [3.05, 3.63) is 33.7 Å². The second-order valence-electron chi connectivity index (χ2n) is 5.59. The lowest BCUT2D eigenvalue weighted by atomic mass is 10.1. The molecule has 2 rings (SSSR count). The van der Waals surface area contributed by atoms with Gasteiger partial charge in [0.2, 0.25) is 0 Å². The van der Waals surface area contributed by atoms with Crippen LogP contribution in [0.25, 0.3) is 0 Å². The van der Waals surface area contributed by atoms with Crippen molar-refractivity contribution in [2.45, 2.75) is 32.3 Å². The molecule has 1 aliphatic rings. The van der Waals surface area contributed by atoms with Crippen LogP contribution < -0.4 is 10.9 Å². The highest BCUT2D eigenvalue weighted by Crippen LogP contribution is 2.09. The quantitative estimate of drug-likeness (QED) is 0.680. The average Bonchev–Trinajstić information content (AvgIpc) is 2.43. The van der Waals surface area contributed by atoms with E-state index in [-0.39, 0.29) is 23.1 Å². The number of nitrogens with one attached hydrogen (secondary N) is 2. The lowest BCUT2D eigenvalue weighted by Crippen LogP contribution is -2.40. The summed E-state index contributed by atoms with van der Waals surface area (Å²) in [5.74, 6) is -0.338. The fourth-order valence-corrected chi connectivity index (χ4v) is 2.58. The van der Waals surface area contributed by atoms with Crippen molar-refractivity contribution >= 4 is 5.91 Å². The van der Waals surface area contributed by atoms with Crippen molar-refractivity contribution in [1.82, 2.24) is 15.2 Å². The van der Waals surface area contributed by atoms with Gasteiger partial charge in [0.15, 0.2) is 0 Å². The van der Waals surface area contributed by atoms with E-state index >= 15 is 0 Å². The fourth-order valence-electron chi connectivity index (χ4n) is 2.58. The summed E-state index contributed by atoms with van der Waals surface area (Å²) in [5, 5.41) is 12.3. The van der Waals surface area contributed by atoms with Gasteiger partial charge in [-0.25, -0.2) is 0 Å². The summed E-state index contributed by atoms with van der Waals surface area (Å²) in [6, 6.07) is 3.26. The first-order chi connectivity index (χ1) is 10.1. The molecule has 6 nitrogen and oxygen atoms in total. The van der Waals surface area contributed by atoms with Gasteiger partial charge in [0.1, 0.15) is 5.56 Å². The van der Waals surface area contributed by atoms with Crippen LogP contribution in [0.15, 0.2) is 16.9 Å². The molecule has 1 aromatic heterocycles. The Morgan fingerprint density at radius 2 is 2.33 bits per heavy atom. The van der Waals surface area contributed by atoms with Gasteiger partial charge in [-0.1, -0.05) is 0 Å². The maximum Gasteiger partial charge on any atom is 0.260 e. The molecular weight excluding hydrogens is 270 g/mol. The summed E-state index contributed by atoms with van der Waals surface area (Å²) in [5.41, 5.74) is 0.529. The van der Waals surface area contributed by atoms with Crippen molar-refractivity contribution in [3.8, 4) is 0 Å². The number of H-pyrrole nitrogens is 1. The van der Waals surface area contributed by atoms with Crippen LogP contribution in [0.1, 0.15) is 35.3 Å². The second-order valence-corrected chi connectivity index (χ2v) is 5.59. The fraction of sp³-hybridized carbons (Fsp3) is 0.600. The number of piperidine rings is 1. The summed E-state index contributed by atoms with van der Waals surface area (Å²) < 4.78 is 0. The van der Waals surface area contributed by atoms with E-state index in [4.69, 9.17) is 0 Å². The van der Waals surface area contributed by atoms with Crippen molar-refractivity contribution < 1.29 is 9.90 Å². The smallest absolute Gasteiger partial charge is 0.260 e. The third kappa shape index (κ3) is 4.68. The molecule has 116 valence electrons. The van der Waals surface area contributed by atoms with Crippen LogP contribution in [0.4, 0.5) is 0 Å². The van der Waals surface area contributed by atoms with E-state index in [2.05, 4.69) is 15.2 Å². The first kappa shape index (κ1) is 15.7. The Balaban J connectivity index is 1.73. The van der Waals surface area contributed by atoms with Crippen LogP contribution in [0.5, 0.6) is 0 Å². The minimum absolute atomic E-state index is 0.147. The van der Waals surface area contributed by atoms with Crippen molar-refractivity contribution in [1.29, 1.82) is 0 Å². The predicted octanol–water partition coefficient (Wildman–Crippen LogP) is 0.260. The van der Waals surface area contributed by atoms with Gasteiger partial charge in [-0.2, -0.15) is 0 Å². The van der Waals surface area contributed by atoms with E-state index in [9.17, 15) is 14.7 Å². The zero-order valence-electron chi connectivity index (χ0n) is 12.4. The Morgan fingerprint density at radius 3 is 3.05 bits per heavy atom. The topological polar surface area (TPSA) is 85.4 Å². The van der Waals surface area contributed by atoms with E-state index in [1.54, 1.807) is 19.1 Å². The molecule has 1 amide bonds. The van der Waals surface area contributed by atoms with Gasteiger partial charge in [0.25, 0.3) is 11.5 Å². The number of hydrogen-bond acceptors (Lipinski definition) is 4. The van der Waals surface area contributed by atoms with Crippen LogP contribution in [0, 0.1) is 6.92 Å². The summed E-state index contributed by atoms with van der Waals surface area (Å²) in [4.78, 5) is 28.4. The molecule has 1 unspecified atom stereocenters. The number of nitrogens with zero attached hydrogens (tertiary/aromatic N) is 1. The Kier molecular flexibility index (Phi) is 5.52. The lowest BCUT2D eigenvalue weighted by molar-refractivity contribution is 0.0697. The SMILES string of the molecule is Cc1ccc(C(=O)NCCCN2CCCC(O)C2)c(=O)[nH]1. The number of carbonyl (C=O) groups excluding carboxylic acids is 1. The highest BCUT2D eigenvalue weighted by Gasteiger charge is 2.17. The zero-order valence-corrected chi connectivity index (χ0v) is 12.4. The van der Waals surface area contributed by atoms with Gasteiger partial charge in [-0.15, -0.1) is 0 Å². The summed E-state index contributed by atoms with van der Waals surface area (Å²) in [6.45, 7) is 4.87. The minimum atomic E-state index is -0.355.